The highest BCUT2D eigenvalue weighted by atomic mass is 35.5. The SMILES string of the molecule is CCC(CCO)CNC/C=C/Cl. The summed E-state index contributed by atoms with van der Waals surface area (Å²) < 4.78 is 0. The summed E-state index contributed by atoms with van der Waals surface area (Å²) in [5, 5.41) is 11.9. The fraction of sp³-hybridized carbons (Fsp3) is 0.778. The largest absolute Gasteiger partial charge is 0.396 e. The van der Waals surface area contributed by atoms with Crippen LogP contribution >= 0.6 is 11.6 Å². The van der Waals surface area contributed by atoms with E-state index >= 15 is 0 Å². The average molecular weight is 192 g/mol. The monoisotopic (exact) mass is 191 g/mol. The third-order valence-electron chi connectivity index (χ3n) is 1.90. The second-order valence-electron chi connectivity index (χ2n) is 2.81. The quantitative estimate of drug-likeness (QED) is 0.601. The van der Waals surface area contributed by atoms with E-state index in [9.17, 15) is 0 Å². The van der Waals surface area contributed by atoms with E-state index in [1.807, 2.05) is 6.08 Å². The Morgan fingerprint density at radius 2 is 2.33 bits per heavy atom. The minimum atomic E-state index is 0.283. The van der Waals surface area contributed by atoms with Crippen LogP contribution < -0.4 is 5.32 Å². The maximum absolute atomic E-state index is 8.71. The summed E-state index contributed by atoms with van der Waals surface area (Å²) in [5.41, 5.74) is 1.51. The molecule has 1 atom stereocenters. The van der Waals surface area contributed by atoms with Gasteiger partial charge in [-0.1, -0.05) is 31.0 Å². The van der Waals surface area contributed by atoms with Crippen molar-refractivity contribution in [2.45, 2.75) is 19.8 Å². The van der Waals surface area contributed by atoms with Crippen LogP contribution in [0.2, 0.25) is 0 Å². The van der Waals surface area contributed by atoms with Crippen LogP contribution in [-0.2, 0) is 0 Å². The molecule has 72 valence electrons. The van der Waals surface area contributed by atoms with E-state index in [1.165, 1.54) is 5.54 Å². The normalized spacial score (nSPS) is 13.9. The smallest absolute Gasteiger partial charge is 0.0434 e. The summed E-state index contributed by atoms with van der Waals surface area (Å²) in [6.45, 7) is 4.19. The van der Waals surface area contributed by atoms with Gasteiger partial charge in [-0.3, -0.25) is 0 Å². The highest BCUT2D eigenvalue weighted by Crippen LogP contribution is 2.04. The van der Waals surface area contributed by atoms with Crippen molar-refractivity contribution < 1.29 is 5.11 Å². The minimum Gasteiger partial charge on any atom is -0.396 e. The van der Waals surface area contributed by atoms with Crippen LogP contribution in [0.15, 0.2) is 11.6 Å². The molecule has 0 aliphatic carbocycles. The van der Waals surface area contributed by atoms with E-state index in [2.05, 4.69) is 12.2 Å². The van der Waals surface area contributed by atoms with E-state index < -0.39 is 0 Å². The van der Waals surface area contributed by atoms with E-state index in [0.29, 0.717) is 5.92 Å². The Morgan fingerprint density at radius 1 is 1.58 bits per heavy atom. The summed E-state index contributed by atoms with van der Waals surface area (Å²) >= 11 is 5.35. The molecule has 0 saturated carbocycles. The molecule has 3 heteroatoms. The molecule has 0 saturated heterocycles. The number of aliphatic hydroxyl groups excluding tert-OH is 1. The van der Waals surface area contributed by atoms with Crippen LogP contribution in [0.25, 0.3) is 0 Å². The van der Waals surface area contributed by atoms with Crippen LogP contribution in [0.1, 0.15) is 19.8 Å². The first-order chi connectivity index (χ1) is 5.85. The lowest BCUT2D eigenvalue weighted by Gasteiger charge is -2.12. The molecular weight excluding hydrogens is 174 g/mol. The topological polar surface area (TPSA) is 32.3 Å². The van der Waals surface area contributed by atoms with Gasteiger partial charge in [0.2, 0.25) is 0 Å². The van der Waals surface area contributed by atoms with E-state index in [1.54, 1.807) is 0 Å². The second kappa shape index (κ2) is 9.04. The Kier molecular flexibility index (Phi) is 9.00. The summed E-state index contributed by atoms with van der Waals surface area (Å²) in [5.74, 6) is 0.582. The highest BCUT2D eigenvalue weighted by molar-refractivity contribution is 6.25. The lowest BCUT2D eigenvalue weighted by Crippen LogP contribution is -2.23. The van der Waals surface area contributed by atoms with Gasteiger partial charge >= 0.3 is 0 Å². The summed E-state index contributed by atoms with van der Waals surface area (Å²) in [4.78, 5) is 0. The molecule has 0 radical (unpaired) electrons. The molecule has 2 N–H and O–H groups in total. The zero-order valence-electron chi connectivity index (χ0n) is 7.59. The first-order valence-corrected chi connectivity index (χ1v) is 4.85. The number of hydrogen-bond donors (Lipinski definition) is 2. The van der Waals surface area contributed by atoms with Crippen LogP contribution in [0, 0.1) is 5.92 Å². The van der Waals surface area contributed by atoms with Gasteiger partial charge in [0.15, 0.2) is 0 Å². The first-order valence-electron chi connectivity index (χ1n) is 4.41. The van der Waals surface area contributed by atoms with Gasteiger partial charge in [-0.25, -0.2) is 0 Å². The molecule has 0 bridgehead atoms. The van der Waals surface area contributed by atoms with Crippen molar-refractivity contribution in [3.63, 3.8) is 0 Å². The predicted octanol–water partition coefficient (Wildman–Crippen LogP) is 1.74. The van der Waals surface area contributed by atoms with Gasteiger partial charge < -0.3 is 10.4 Å². The summed E-state index contributed by atoms with van der Waals surface area (Å²) in [7, 11) is 0. The van der Waals surface area contributed by atoms with Gasteiger partial charge in [0, 0.05) is 18.7 Å². The zero-order chi connectivity index (χ0) is 9.23. The number of hydrogen-bond acceptors (Lipinski definition) is 2. The predicted molar refractivity (Wildman–Crippen MR) is 53.3 cm³/mol. The van der Waals surface area contributed by atoms with Crippen molar-refractivity contribution in [3.8, 4) is 0 Å². The van der Waals surface area contributed by atoms with Gasteiger partial charge in [-0.2, -0.15) is 0 Å². The van der Waals surface area contributed by atoms with Crippen molar-refractivity contribution in [2.75, 3.05) is 19.7 Å². The van der Waals surface area contributed by atoms with Gasteiger partial charge in [0.05, 0.1) is 0 Å². The summed E-state index contributed by atoms with van der Waals surface area (Å²) in [6.07, 6.45) is 3.86. The van der Waals surface area contributed by atoms with Gasteiger partial charge in [0.25, 0.3) is 0 Å². The van der Waals surface area contributed by atoms with Crippen LogP contribution in [-0.4, -0.2) is 24.8 Å². The van der Waals surface area contributed by atoms with Gasteiger partial charge in [-0.05, 0) is 18.9 Å². The Balaban J connectivity index is 3.31. The van der Waals surface area contributed by atoms with E-state index in [4.69, 9.17) is 16.7 Å². The molecule has 12 heavy (non-hydrogen) atoms. The van der Waals surface area contributed by atoms with E-state index in [0.717, 1.165) is 25.9 Å². The Labute approximate surface area is 79.6 Å². The van der Waals surface area contributed by atoms with Crippen molar-refractivity contribution in [2.24, 2.45) is 5.92 Å². The third-order valence-corrected chi connectivity index (χ3v) is 2.08. The fourth-order valence-corrected chi connectivity index (χ4v) is 1.14. The number of nitrogens with one attached hydrogen (secondary N) is 1. The summed E-state index contributed by atoms with van der Waals surface area (Å²) in [6, 6.07) is 0. The highest BCUT2D eigenvalue weighted by Gasteiger charge is 2.03. The standard InChI is InChI=1S/C9H18ClNO/c1-2-9(4-7-12)8-11-6-3-5-10/h3,5,9,11-12H,2,4,6-8H2,1H3/b5-3+. The molecule has 0 amide bonds. The minimum absolute atomic E-state index is 0.283. The number of halogens is 1. The molecule has 0 fully saturated rings. The molecule has 0 aromatic heterocycles. The van der Waals surface area contributed by atoms with Crippen LogP contribution in [0.4, 0.5) is 0 Å². The van der Waals surface area contributed by atoms with E-state index in [-0.39, 0.29) is 6.61 Å². The zero-order valence-corrected chi connectivity index (χ0v) is 8.35. The molecule has 0 spiro atoms. The maximum Gasteiger partial charge on any atom is 0.0434 e. The Morgan fingerprint density at radius 3 is 2.83 bits per heavy atom. The van der Waals surface area contributed by atoms with Crippen molar-refractivity contribution in [1.82, 2.24) is 5.32 Å². The molecule has 0 rings (SSSR count). The van der Waals surface area contributed by atoms with Crippen molar-refractivity contribution in [1.29, 1.82) is 0 Å². The van der Waals surface area contributed by atoms with Crippen LogP contribution in [0.5, 0.6) is 0 Å². The third kappa shape index (κ3) is 6.65. The fourth-order valence-electron chi connectivity index (χ4n) is 1.05. The van der Waals surface area contributed by atoms with Crippen molar-refractivity contribution in [3.05, 3.63) is 11.6 Å². The first kappa shape index (κ1) is 11.9. The molecule has 1 unspecified atom stereocenters. The number of aliphatic hydroxyl groups is 1. The van der Waals surface area contributed by atoms with Crippen molar-refractivity contribution >= 4 is 11.6 Å². The molecule has 0 aliphatic rings. The molecule has 2 nitrogen and oxygen atoms in total. The lowest BCUT2D eigenvalue weighted by atomic mass is 10.0. The molecule has 0 aromatic rings. The van der Waals surface area contributed by atoms with Gasteiger partial charge in [0.1, 0.15) is 0 Å². The molecule has 0 heterocycles. The molecule has 0 aliphatic heterocycles. The molecular formula is C9H18ClNO. The van der Waals surface area contributed by atoms with Crippen LogP contribution in [0.3, 0.4) is 0 Å². The second-order valence-corrected chi connectivity index (χ2v) is 3.06. The Bertz CT molecular complexity index is 117. The molecule has 0 aromatic carbocycles. The maximum atomic E-state index is 8.71. The number of rotatable bonds is 7. The lowest BCUT2D eigenvalue weighted by molar-refractivity contribution is 0.252. The Hall–Kier alpha value is -0.0500. The average Bonchev–Trinajstić information content (AvgIpc) is 2.10. The van der Waals surface area contributed by atoms with Gasteiger partial charge in [-0.15, -0.1) is 0 Å².